The van der Waals surface area contributed by atoms with Crippen LogP contribution in [0.3, 0.4) is 0 Å². The first-order valence-corrected chi connectivity index (χ1v) is 9.05. The molecule has 106 valence electrons. The third kappa shape index (κ3) is 2.23. The molecule has 0 aliphatic carbocycles. The highest BCUT2D eigenvalue weighted by atomic mass is 79.9. The zero-order valence-corrected chi connectivity index (χ0v) is 13.9. The van der Waals surface area contributed by atoms with Crippen LogP contribution in [-0.4, -0.2) is 21.6 Å². The van der Waals surface area contributed by atoms with Gasteiger partial charge in [0.1, 0.15) is 17.3 Å². The van der Waals surface area contributed by atoms with Gasteiger partial charge in [0.05, 0.1) is 16.0 Å². The quantitative estimate of drug-likeness (QED) is 0.810. The van der Waals surface area contributed by atoms with Crippen molar-refractivity contribution < 1.29 is 13.2 Å². The number of ether oxygens (including phenoxy) is 1. The van der Waals surface area contributed by atoms with E-state index in [2.05, 4.69) is 15.9 Å². The van der Waals surface area contributed by atoms with Gasteiger partial charge in [0.15, 0.2) is 0 Å². The summed E-state index contributed by atoms with van der Waals surface area (Å²) in [7, 11) is -3.55. The number of hydrogen-bond acceptors (Lipinski definition) is 4. The van der Waals surface area contributed by atoms with Crippen molar-refractivity contribution in [3.05, 3.63) is 39.0 Å². The molecule has 1 aromatic carbocycles. The number of anilines is 1. The number of sulfonamides is 1. The number of nitrogens with zero attached hydrogens (tertiary/aromatic N) is 1. The Balaban J connectivity index is 2.12. The molecule has 0 amide bonds. The summed E-state index contributed by atoms with van der Waals surface area (Å²) in [4.78, 5) is 1.13. The Morgan fingerprint density at radius 2 is 2.10 bits per heavy atom. The predicted molar refractivity (Wildman–Crippen MR) is 83.2 cm³/mol. The smallest absolute Gasteiger partial charge is 0.265 e. The lowest BCUT2D eigenvalue weighted by molar-refractivity contribution is 0.316. The van der Waals surface area contributed by atoms with Gasteiger partial charge in [-0.05, 0) is 41.1 Å². The summed E-state index contributed by atoms with van der Waals surface area (Å²) in [5, 5.41) is 0. The van der Waals surface area contributed by atoms with Crippen molar-refractivity contribution in [1.82, 2.24) is 0 Å². The summed E-state index contributed by atoms with van der Waals surface area (Å²) >= 11 is 4.76. The molecule has 0 radical (unpaired) electrons. The van der Waals surface area contributed by atoms with Crippen molar-refractivity contribution in [2.24, 2.45) is 0 Å². The number of fused-ring (bicyclic) bond motifs is 1. The molecule has 7 heteroatoms. The normalized spacial score (nSPS) is 14.8. The Bertz CT molecular complexity index is 755. The van der Waals surface area contributed by atoms with Crippen molar-refractivity contribution >= 4 is 43.0 Å². The molecule has 0 atom stereocenters. The van der Waals surface area contributed by atoms with Crippen LogP contribution in [0, 0.1) is 6.92 Å². The average Bonchev–Trinajstić information content (AvgIpc) is 2.78. The summed E-state index contributed by atoms with van der Waals surface area (Å²) in [5.74, 6) is 0.606. The number of para-hydroxylation sites is 2. The van der Waals surface area contributed by atoms with E-state index in [0.29, 0.717) is 29.5 Å². The van der Waals surface area contributed by atoms with Crippen molar-refractivity contribution in [3.8, 4) is 5.75 Å². The second-order valence-electron chi connectivity index (χ2n) is 4.36. The number of hydrogen-bond donors (Lipinski definition) is 0. The molecule has 0 saturated heterocycles. The predicted octanol–water partition coefficient (Wildman–Crippen LogP) is 3.41. The Hall–Kier alpha value is -1.05. The van der Waals surface area contributed by atoms with E-state index in [1.54, 1.807) is 18.2 Å². The van der Waals surface area contributed by atoms with Crippen LogP contribution in [0.15, 0.2) is 39.0 Å². The van der Waals surface area contributed by atoms with Gasteiger partial charge in [-0.3, -0.25) is 4.31 Å². The molecule has 4 nitrogen and oxygen atoms in total. The van der Waals surface area contributed by atoms with Gasteiger partial charge in [-0.25, -0.2) is 8.42 Å². The van der Waals surface area contributed by atoms with Crippen LogP contribution < -0.4 is 9.04 Å². The third-order valence-electron chi connectivity index (χ3n) is 3.10. The summed E-state index contributed by atoms with van der Waals surface area (Å²) in [5.41, 5.74) is 0.598. The molecule has 1 aliphatic rings. The van der Waals surface area contributed by atoms with Crippen LogP contribution >= 0.6 is 27.3 Å². The maximum atomic E-state index is 12.8. The minimum Gasteiger partial charge on any atom is -0.489 e. The second kappa shape index (κ2) is 5.05. The lowest BCUT2D eigenvalue weighted by Crippen LogP contribution is -2.37. The van der Waals surface area contributed by atoms with Crippen LogP contribution in [-0.2, 0) is 10.0 Å². The third-order valence-corrected chi connectivity index (χ3v) is 6.72. The van der Waals surface area contributed by atoms with Crippen molar-refractivity contribution in [2.75, 3.05) is 17.5 Å². The Morgan fingerprint density at radius 3 is 2.80 bits per heavy atom. The van der Waals surface area contributed by atoms with E-state index in [1.165, 1.54) is 15.6 Å². The Labute approximate surface area is 130 Å². The highest BCUT2D eigenvalue weighted by Gasteiger charge is 2.31. The van der Waals surface area contributed by atoms with Crippen molar-refractivity contribution in [3.63, 3.8) is 0 Å². The van der Waals surface area contributed by atoms with E-state index in [9.17, 15) is 8.42 Å². The van der Waals surface area contributed by atoms with Crippen LogP contribution in [0.25, 0.3) is 0 Å². The number of rotatable bonds is 2. The SMILES string of the molecule is Cc1sc(Br)cc1S(=O)(=O)N1CCOc2ccccc21. The Morgan fingerprint density at radius 1 is 1.35 bits per heavy atom. The van der Waals surface area contributed by atoms with Crippen LogP contribution in [0.4, 0.5) is 5.69 Å². The maximum absolute atomic E-state index is 12.8. The van der Waals surface area contributed by atoms with Gasteiger partial charge in [-0.2, -0.15) is 0 Å². The van der Waals surface area contributed by atoms with Crippen molar-refractivity contribution in [2.45, 2.75) is 11.8 Å². The van der Waals surface area contributed by atoms with E-state index in [1.807, 2.05) is 19.1 Å². The minimum atomic E-state index is -3.55. The van der Waals surface area contributed by atoms with E-state index >= 15 is 0 Å². The molecule has 0 bridgehead atoms. The molecular weight excluding hydrogens is 362 g/mol. The van der Waals surface area contributed by atoms with E-state index < -0.39 is 10.0 Å². The fourth-order valence-electron chi connectivity index (χ4n) is 2.20. The number of benzene rings is 1. The molecule has 1 aromatic heterocycles. The summed E-state index contributed by atoms with van der Waals surface area (Å²) < 4.78 is 33.4. The standard InChI is InChI=1S/C13H12BrNO3S2/c1-9-12(8-13(14)19-9)20(16,17)15-6-7-18-11-5-3-2-4-10(11)15/h2-5,8H,6-7H2,1H3. The number of thiophene rings is 1. The lowest BCUT2D eigenvalue weighted by atomic mass is 10.2. The summed E-state index contributed by atoms with van der Waals surface area (Å²) in [6, 6.07) is 8.86. The molecule has 0 N–H and O–H groups in total. The van der Waals surface area contributed by atoms with Gasteiger partial charge in [-0.1, -0.05) is 12.1 Å². The molecule has 20 heavy (non-hydrogen) atoms. The Kier molecular flexibility index (Phi) is 3.51. The molecular formula is C13H12BrNO3S2. The van der Waals surface area contributed by atoms with Gasteiger partial charge in [0.2, 0.25) is 0 Å². The number of aryl methyl sites for hydroxylation is 1. The highest BCUT2D eigenvalue weighted by molar-refractivity contribution is 9.11. The molecule has 0 spiro atoms. The second-order valence-corrected chi connectivity index (χ2v) is 8.83. The zero-order chi connectivity index (χ0) is 14.3. The molecule has 0 fully saturated rings. The molecule has 1 aliphatic heterocycles. The first kappa shape index (κ1) is 13.9. The van der Waals surface area contributed by atoms with Crippen molar-refractivity contribution in [1.29, 1.82) is 0 Å². The van der Waals surface area contributed by atoms with Gasteiger partial charge >= 0.3 is 0 Å². The van der Waals surface area contributed by atoms with E-state index in [-0.39, 0.29) is 0 Å². The minimum absolute atomic E-state index is 0.326. The monoisotopic (exact) mass is 373 g/mol. The van der Waals surface area contributed by atoms with Gasteiger partial charge in [-0.15, -0.1) is 11.3 Å². The number of halogens is 1. The largest absolute Gasteiger partial charge is 0.489 e. The molecule has 2 heterocycles. The first-order valence-electron chi connectivity index (χ1n) is 6.00. The van der Waals surface area contributed by atoms with Crippen LogP contribution in [0.1, 0.15) is 4.88 Å². The fraction of sp³-hybridized carbons (Fsp3) is 0.231. The van der Waals surface area contributed by atoms with E-state index in [0.717, 1.165) is 8.66 Å². The molecule has 2 aromatic rings. The van der Waals surface area contributed by atoms with Crippen LogP contribution in [0.2, 0.25) is 0 Å². The zero-order valence-electron chi connectivity index (χ0n) is 10.7. The maximum Gasteiger partial charge on any atom is 0.265 e. The van der Waals surface area contributed by atoms with Gasteiger partial charge in [0.25, 0.3) is 10.0 Å². The van der Waals surface area contributed by atoms with Gasteiger partial charge < -0.3 is 4.74 Å². The average molecular weight is 374 g/mol. The van der Waals surface area contributed by atoms with E-state index in [4.69, 9.17) is 4.74 Å². The van der Waals surface area contributed by atoms with Crippen LogP contribution in [0.5, 0.6) is 5.75 Å². The molecule has 0 saturated carbocycles. The molecule has 0 unspecified atom stereocenters. The lowest BCUT2D eigenvalue weighted by Gasteiger charge is -2.30. The highest BCUT2D eigenvalue weighted by Crippen LogP contribution is 2.38. The first-order chi connectivity index (χ1) is 9.50. The van der Waals surface area contributed by atoms with Gasteiger partial charge in [0, 0.05) is 4.88 Å². The topological polar surface area (TPSA) is 46.6 Å². The fourth-order valence-corrected chi connectivity index (χ4v) is 6.04. The molecule has 3 rings (SSSR count). The summed E-state index contributed by atoms with van der Waals surface area (Å²) in [6.45, 7) is 2.50. The summed E-state index contributed by atoms with van der Waals surface area (Å²) in [6.07, 6.45) is 0.